The van der Waals surface area contributed by atoms with Crippen molar-refractivity contribution in [3.8, 4) is 5.75 Å². The monoisotopic (exact) mass is 366 g/mol. The van der Waals surface area contributed by atoms with E-state index < -0.39 is 23.5 Å². The van der Waals surface area contributed by atoms with Crippen molar-refractivity contribution in [2.75, 3.05) is 0 Å². The summed E-state index contributed by atoms with van der Waals surface area (Å²) in [6.07, 6.45) is -7.61. The molecule has 24 heavy (non-hydrogen) atoms. The summed E-state index contributed by atoms with van der Waals surface area (Å²) in [7, 11) is 0. The SMILES string of the molecule is Oc1ccc(Cl)cc1C=Cc1cc(C(F)(F)F)cc(C(F)(F)F)c1. The lowest BCUT2D eigenvalue weighted by atomic mass is 10.0. The van der Waals surface area contributed by atoms with Gasteiger partial charge in [-0.25, -0.2) is 0 Å². The van der Waals surface area contributed by atoms with Crippen LogP contribution in [0.3, 0.4) is 0 Å². The van der Waals surface area contributed by atoms with Crippen molar-refractivity contribution in [3.63, 3.8) is 0 Å². The van der Waals surface area contributed by atoms with Gasteiger partial charge < -0.3 is 5.11 Å². The smallest absolute Gasteiger partial charge is 0.416 e. The lowest BCUT2D eigenvalue weighted by Gasteiger charge is -2.13. The van der Waals surface area contributed by atoms with Gasteiger partial charge in [0.15, 0.2) is 0 Å². The summed E-state index contributed by atoms with van der Waals surface area (Å²) in [4.78, 5) is 0. The number of hydrogen-bond donors (Lipinski definition) is 1. The van der Waals surface area contributed by atoms with Gasteiger partial charge >= 0.3 is 12.4 Å². The zero-order valence-corrected chi connectivity index (χ0v) is 12.5. The highest BCUT2D eigenvalue weighted by Gasteiger charge is 2.36. The Balaban J connectivity index is 2.49. The average Bonchev–Trinajstić information content (AvgIpc) is 2.46. The maximum atomic E-state index is 12.8. The van der Waals surface area contributed by atoms with Crippen molar-refractivity contribution in [3.05, 3.63) is 63.7 Å². The van der Waals surface area contributed by atoms with Crippen LogP contribution in [0.15, 0.2) is 36.4 Å². The topological polar surface area (TPSA) is 20.2 Å². The molecule has 0 bridgehead atoms. The second-order valence-corrected chi connectivity index (χ2v) is 5.31. The van der Waals surface area contributed by atoms with Crippen LogP contribution >= 0.6 is 11.6 Å². The molecule has 0 radical (unpaired) electrons. The molecule has 2 rings (SSSR count). The Morgan fingerprint density at radius 2 is 1.33 bits per heavy atom. The van der Waals surface area contributed by atoms with Crippen molar-refractivity contribution in [2.45, 2.75) is 12.4 Å². The first-order valence-corrected chi connectivity index (χ1v) is 6.81. The molecule has 0 aromatic heterocycles. The van der Waals surface area contributed by atoms with E-state index in [-0.39, 0.29) is 28.0 Å². The van der Waals surface area contributed by atoms with Gasteiger partial charge in [-0.05, 0) is 42.0 Å². The second-order valence-electron chi connectivity index (χ2n) is 4.88. The lowest BCUT2D eigenvalue weighted by Crippen LogP contribution is -2.11. The van der Waals surface area contributed by atoms with Gasteiger partial charge in [0, 0.05) is 10.6 Å². The molecule has 0 aliphatic heterocycles. The van der Waals surface area contributed by atoms with Gasteiger partial charge in [0.05, 0.1) is 11.1 Å². The maximum absolute atomic E-state index is 12.8. The van der Waals surface area contributed by atoms with Crippen LogP contribution in [0.1, 0.15) is 22.3 Å². The van der Waals surface area contributed by atoms with E-state index in [1.165, 1.54) is 24.3 Å². The molecule has 2 aromatic rings. The van der Waals surface area contributed by atoms with E-state index in [9.17, 15) is 31.4 Å². The summed E-state index contributed by atoms with van der Waals surface area (Å²) >= 11 is 5.73. The zero-order valence-electron chi connectivity index (χ0n) is 11.7. The summed E-state index contributed by atoms with van der Waals surface area (Å²) in [5.74, 6) is -0.210. The third-order valence-corrected chi connectivity index (χ3v) is 3.29. The molecule has 1 nitrogen and oxygen atoms in total. The molecule has 0 amide bonds. The minimum absolute atomic E-state index is 0.0498. The number of phenols is 1. The van der Waals surface area contributed by atoms with E-state index in [4.69, 9.17) is 11.6 Å². The Bertz CT molecular complexity index is 745. The van der Waals surface area contributed by atoms with E-state index in [2.05, 4.69) is 0 Å². The van der Waals surface area contributed by atoms with Crippen LogP contribution in [0.4, 0.5) is 26.3 Å². The van der Waals surface area contributed by atoms with Crippen LogP contribution in [0.2, 0.25) is 5.02 Å². The van der Waals surface area contributed by atoms with Crippen molar-refractivity contribution < 1.29 is 31.4 Å². The molecule has 0 unspecified atom stereocenters. The van der Waals surface area contributed by atoms with E-state index >= 15 is 0 Å². The number of aromatic hydroxyl groups is 1. The number of benzene rings is 2. The molecule has 128 valence electrons. The third-order valence-electron chi connectivity index (χ3n) is 3.05. The molecule has 0 spiro atoms. The van der Waals surface area contributed by atoms with Gasteiger partial charge in [0.25, 0.3) is 0 Å². The standard InChI is InChI=1S/C16H9ClF6O/c17-13-3-4-14(24)10(7-13)2-1-9-5-11(15(18,19)20)8-12(6-9)16(21,22)23/h1-8,24H. The van der Waals surface area contributed by atoms with Crippen molar-refractivity contribution in [1.82, 2.24) is 0 Å². The molecule has 0 aliphatic carbocycles. The van der Waals surface area contributed by atoms with Crippen LogP contribution in [0.25, 0.3) is 12.2 Å². The van der Waals surface area contributed by atoms with Gasteiger partial charge in [-0.15, -0.1) is 0 Å². The molecular weight excluding hydrogens is 358 g/mol. The first-order valence-electron chi connectivity index (χ1n) is 6.43. The molecule has 0 aliphatic rings. The largest absolute Gasteiger partial charge is 0.507 e. The highest BCUT2D eigenvalue weighted by molar-refractivity contribution is 6.30. The predicted octanol–water partition coefficient (Wildman–Crippen LogP) is 6.25. The van der Waals surface area contributed by atoms with Gasteiger partial charge in [0.1, 0.15) is 5.75 Å². The Kier molecular flexibility index (Phi) is 4.85. The van der Waals surface area contributed by atoms with Gasteiger partial charge in [-0.1, -0.05) is 23.8 Å². The Hall–Kier alpha value is -2.15. The van der Waals surface area contributed by atoms with Gasteiger partial charge in [-0.2, -0.15) is 26.3 Å². The lowest BCUT2D eigenvalue weighted by molar-refractivity contribution is -0.143. The first-order chi connectivity index (χ1) is 11.0. The quantitative estimate of drug-likeness (QED) is 0.491. The normalized spacial score (nSPS) is 12.8. The van der Waals surface area contributed by atoms with E-state index in [0.29, 0.717) is 12.1 Å². The second kappa shape index (κ2) is 6.39. The van der Waals surface area contributed by atoms with E-state index in [0.717, 1.165) is 6.08 Å². The Morgan fingerprint density at radius 1 is 0.792 bits per heavy atom. The number of rotatable bonds is 2. The zero-order chi connectivity index (χ0) is 18.1. The van der Waals surface area contributed by atoms with Crippen molar-refractivity contribution in [1.29, 1.82) is 0 Å². The summed E-state index contributed by atoms with van der Waals surface area (Å²) in [6, 6.07) is 5.20. The predicted molar refractivity (Wildman–Crippen MR) is 78.5 cm³/mol. The van der Waals surface area contributed by atoms with Crippen molar-refractivity contribution in [2.24, 2.45) is 0 Å². The molecule has 2 aromatic carbocycles. The molecule has 8 heteroatoms. The van der Waals surface area contributed by atoms with Gasteiger partial charge in [-0.3, -0.25) is 0 Å². The maximum Gasteiger partial charge on any atom is 0.416 e. The Labute approximate surface area is 137 Å². The third kappa shape index (κ3) is 4.44. The summed E-state index contributed by atoms with van der Waals surface area (Å²) < 4.78 is 76.6. The van der Waals surface area contributed by atoms with Crippen LogP contribution in [0, 0.1) is 0 Å². The number of hydrogen-bond acceptors (Lipinski definition) is 1. The molecule has 0 heterocycles. The fourth-order valence-corrected chi connectivity index (χ4v) is 2.10. The Morgan fingerprint density at radius 3 is 1.83 bits per heavy atom. The average molecular weight is 367 g/mol. The minimum Gasteiger partial charge on any atom is -0.507 e. The number of alkyl halides is 6. The molecule has 0 atom stereocenters. The molecule has 0 saturated carbocycles. The highest BCUT2D eigenvalue weighted by Crippen LogP contribution is 2.36. The molecular formula is C16H9ClF6O. The fraction of sp³-hybridized carbons (Fsp3) is 0.125. The number of phenolic OH excluding ortho intramolecular Hbond substituents is 1. The molecule has 0 saturated heterocycles. The van der Waals surface area contributed by atoms with Crippen molar-refractivity contribution >= 4 is 23.8 Å². The van der Waals surface area contributed by atoms with E-state index in [1.54, 1.807) is 0 Å². The summed E-state index contributed by atoms with van der Waals surface area (Å²) in [5, 5.41) is 9.87. The molecule has 0 fully saturated rings. The summed E-state index contributed by atoms with van der Waals surface area (Å²) in [5.41, 5.74) is -2.97. The molecule has 1 N–H and O–H groups in total. The first kappa shape index (κ1) is 18.2. The minimum atomic E-state index is -4.91. The van der Waals surface area contributed by atoms with Crippen LogP contribution < -0.4 is 0 Å². The van der Waals surface area contributed by atoms with Crippen LogP contribution in [0.5, 0.6) is 5.75 Å². The number of halogens is 7. The summed E-state index contributed by atoms with van der Waals surface area (Å²) in [6.45, 7) is 0. The fourth-order valence-electron chi connectivity index (χ4n) is 1.92. The van der Waals surface area contributed by atoms with Crippen LogP contribution in [-0.2, 0) is 12.4 Å². The highest BCUT2D eigenvalue weighted by atomic mass is 35.5. The van der Waals surface area contributed by atoms with Gasteiger partial charge in [0.2, 0.25) is 0 Å². The van der Waals surface area contributed by atoms with E-state index in [1.807, 2.05) is 0 Å². The van der Waals surface area contributed by atoms with Crippen LogP contribution in [-0.4, -0.2) is 5.11 Å².